The van der Waals surface area contributed by atoms with Gasteiger partial charge in [0.25, 0.3) is 5.91 Å². The van der Waals surface area contributed by atoms with Crippen molar-refractivity contribution in [3.05, 3.63) is 103 Å². The number of thiazole rings is 1. The van der Waals surface area contributed by atoms with Crippen LogP contribution in [-0.4, -0.2) is 36.5 Å². The average Bonchev–Trinajstić information content (AvgIpc) is 3.44. The Labute approximate surface area is 224 Å². The third-order valence-corrected chi connectivity index (χ3v) is 7.36. The number of benzene rings is 2. The summed E-state index contributed by atoms with van der Waals surface area (Å²) in [4.78, 5) is 58.0. The van der Waals surface area contributed by atoms with Crippen LogP contribution < -0.4 is 10.3 Å². The quantitative estimate of drug-likeness (QED) is 0.241. The maximum atomic E-state index is 13.8. The molecular formula is C27H19ClN2O7S. The lowest BCUT2D eigenvalue weighted by Crippen LogP contribution is -2.29. The fourth-order valence-corrected chi connectivity index (χ4v) is 5.41. The molecular weight excluding hydrogens is 532 g/mol. The monoisotopic (exact) mass is 550 g/mol. The highest BCUT2D eigenvalue weighted by atomic mass is 35.5. The third-order valence-electron chi connectivity index (χ3n) is 5.99. The molecule has 1 aliphatic heterocycles. The van der Waals surface area contributed by atoms with Crippen molar-refractivity contribution in [1.29, 1.82) is 0 Å². The van der Waals surface area contributed by atoms with Crippen LogP contribution in [0.15, 0.2) is 64.3 Å². The number of aryl methyl sites for hydroxylation is 1. The van der Waals surface area contributed by atoms with Gasteiger partial charge in [0.05, 0.1) is 35.4 Å². The van der Waals surface area contributed by atoms with Gasteiger partial charge in [0, 0.05) is 5.02 Å². The van der Waals surface area contributed by atoms with Crippen LogP contribution in [0, 0.1) is 6.92 Å². The second kappa shape index (κ2) is 9.88. The predicted octanol–water partition coefficient (Wildman–Crippen LogP) is 5.09. The molecule has 192 valence electrons. The van der Waals surface area contributed by atoms with Crippen LogP contribution >= 0.6 is 22.9 Å². The van der Waals surface area contributed by atoms with Crippen LogP contribution in [0.4, 0.5) is 5.13 Å². The highest BCUT2D eigenvalue weighted by Gasteiger charge is 2.45. The number of halogens is 1. The maximum absolute atomic E-state index is 13.8. The molecule has 0 radical (unpaired) electrons. The molecule has 3 heterocycles. The summed E-state index contributed by atoms with van der Waals surface area (Å²) < 4.78 is 15.8. The molecule has 0 bridgehead atoms. The first-order chi connectivity index (χ1) is 18.2. The van der Waals surface area contributed by atoms with Crippen molar-refractivity contribution < 1.29 is 28.3 Å². The topological polar surface area (TPSA) is 116 Å². The van der Waals surface area contributed by atoms with Gasteiger partial charge in [0.15, 0.2) is 10.6 Å². The summed E-state index contributed by atoms with van der Waals surface area (Å²) in [5.41, 5.74) is 1.04. The Morgan fingerprint density at radius 2 is 1.92 bits per heavy atom. The minimum Gasteiger partial charge on any atom is -0.465 e. The first-order valence-electron chi connectivity index (χ1n) is 11.3. The van der Waals surface area contributed by atoms with Gasteiger partial charge in [-0.05, 0) is 42.8 Å². The number of carbonyl (C=O) groups excluding carboxylic acids is 3. The standard InChI is InChI=1S/C27H19ClN2O7S/c1-4-11-36-26(34)23-13(2)29-27(38-23)30-20(14-5-7-15(8-6-14)25(33)35-3)19-21(31)17-12-16(28)9-10-18(17)37-22(19)24(30)32/h4-10,12,20H,1,11H2,2-3H3. The van der Waals surface area contributed by atoms with Gasteiger partial charge >= 0.3 is 11.9 Å². The lowest BCUT2D eigenvalue weighted by Gasteiger charge is -2.22. The molecule has 1 atom stereocenters. The van der Waals surface area contributed by atoms with E-state index in [1.807, 2.05) is 0 Å². The molecule has 0 N–H and O–H groups in total. The molecule has 11 heteroatoms. The van der Waals surface area contributed by atoms with Gasteiger partial charge in [-0.3, -0.25) is 14.5 Å². The van der Waals surface area contributed by atoms with Gasteiger partial charge in [-0.15, -0.1) is 0 Å². The number of nitrogens with zero attached hydrogens (tertiary/aromatic N) is 2. The number of methoxy groups -OCH3 is 1. The Hall–Kier alpha value is -4.28. The molecule has 4 aromatic rings. The van der Waals surface area contributed by atoms with Crippen LogP contribution in [0.1, 0.15) is 53.4 Å². The van der Waals surface area contributed by atoms with E-state index in [1.54, 1.807) is 25.1 Å². The van der Waals surface area contributed by atoms with E-state index in [1.165, 1.54) is 42.4 Å². The molecule has 1 unspecified atom stereocenters. The summed E-state index contributed by atoms with van der Waals surface area (Å²) >= 11 is 7.09. The Balaban J connectivity index is 1.70. The fourth-order valence-electron chi connectivity index (χ4n) is 4.25. The van der Waals surface area contributed by atoms with E-state index in [0.29, 0.717) is 21.8 Å². The van der Waals surface area contributed by atoms with Crippen molar-refractivity contribution >= 4 is 56.9 Å². The number of aromatic nitrogens is 1. The smallest absolute Gasteiger partial charge is 0.350 e. The van der Waals surface area contributed by atoms with Gasteiger partial charge in [-0.25, -0.2) is 14.6 Å². The van der Waals surface area contributed by atoms with E-state index >= 15 is 0 Å². The van der Waals surface area contributed by atoms with Crippen molar-refractivity contribution in [2.75, 3.05) is 18.6 Å². The van der Waals surface area contributed by atoms with E-state index in [2.05, 4.69) is 11.6 Å². The summed E-state index contributed by atoms with van der Waals surface area (Å²) in [6.45, 7) is 5.17. The lowest BCUT2D eigenvalue weighted by molar-refractivity contribution is 0.0552. The van der Waals surface area contributed by atoms with E-state index < -0.39 is 29.3 Å². The van der Waals surface area contributed by atoms with Crippen LogP contribution in [-0.2, 0) is 9.47 Å². The Morgan fingerprint density at radius 3 is 2.61 bits per heavy atom. The molecule has 1 amide bonds. The third kappa shape index (κ3) is 4.17. The Bertz CT molecular complexity index is 1690. The summed E-state index contributed by atoms with van der Waals surface area (Å²) in [7, 11) is 1.27. The molecule has 2 aromatic heterocycles. The molecule has 0 spiro atoms. The largest absolute Gasteiger partial charge is 0.465 e. The van der Waals surface area contributed by atoms with Crippen molar-refractivity contribution in [2.45, 2.75) is 13.0 Å². The van der Waals surface area contributed by atoms with Crippen molar-refractivity contribution in [1.82, 2.24) is 4.98 Å². The predicted molar refractivity (Wildman–Crippen MR) is 141 cm³/mol. The van der Waals surface area contributed by atoms with E-state index in [-0.39, 0.29) is 38.9 Å². The van der Waals surface area contributed by atoms with Gasteiger partial charge in [-0.2, -0.15) is 0 Å². The van der Waals surface area contributed by atoms with E-state index in [9.17, 15) is 19.2 Å². The van der Waals surface area contributed by atoms with Crippen molar-refractivity contribution in [2.24, 2.45) is 0 Å². The van der Waals surface area contributed by atoms with Gasteiger partial charge < -0.3 is 13.9 Å². The van der Waals surface area contributed by atoms with E-state index in [0.717, 1.165) is 11.3 Å². The SMILES string of the molecule is C=CCOC(=O)c1sc(N2C(=O)c3oc4ccc(Cl)cc4c(=O)c3C2c2ccc(C(=O)OC)cc2)nc1C. The molecule has 1 aliphatic rings. The number of fused-ring (bicyclic) bond motifs is 2. The summed E-state index contributed by atoms with van der Waals surface area (Å²) in [6.07, 6.45) is 1.44. The minimum atomic E-state index is -0.952. The molecule has 0 saturated heterocycles. The van der Waals surface area contributed by atoms with Crippen LogP contribution in [0.25, 0.3) is 11.0 Å². The number of carbonyl (C=O) groups is 3. The number of ether oxygens (including phenoxy) is 2. The molecule has 0 aliphatic carbocycles. The van der Waals surface area contributed by atoms with Gasteiger partial charge in [0.2, 0.25) is 5.76 Å². The molecule has 2 aromatic carbocycles. The second-order valence-electron chi connectivity index (χ2n) is 8.30. The summed E-state index contributed by atoms with van der Waals surface area (Å²) in [5.74, 6) is -1.88. The summed E-state index contributed by atoms with van der Waals surface area (Å²) in [6, 6.07) is 9.92. The van der Waals surface area contributed by atoms with E-state index in [4.69, 9.17) is 25.5 Å². The zero-order valence-electron chi connectivity index (χ0n) is 20.1. The van der Waals surface area contributed by atoms with Crippen LogP contribution in [0.5, 0.6) is 0 Å². The summed E-state index contributed by atoms with van der Waals surface area (Å²) in [5, 5.41) is 0.724. The van der Waals surface area contributed by atoms with Crippen LogP contribution in [0.2, 0.25) is 5.02 Å². The Morgan fingerprint density at radius 1 is 1.18 bits per heavy atom. The van der Waals surface area contributed by atoms with Gasteiger partial charge in [0.1, 0.15) is 17.1 Å². The highest BCUT2D eigenvalue weighted by Crippen LogP contribution is 2.43. The number of anilines is 1. The lowest BCUT2D eigenvalue weighted by atomic mass is 9.97. The first-order valence-corrected chi connectivity index (χ1v) is 12.5. The molecule has 0 fully saturated rings. The highest BCUT2D eigenvalue weighted by molar-refractivity contribution is 7.17. The normalized spacial score (nSPS) is 14.4. The average molecular weight is 551 g/mol. The number of hydrogen-bond donors (Lipinski definition) is 0. The zero-order chi connectivity index (χ0) is 27.1. The first kappa shape index (κ1) is 25.4. The molecule has 38 heavy (non-hydrogen) atoms. The number of hydrogen-bond acceptors (Lipinski definition) is 9. The van der Waals surface area contributed by atoms with Crippen molar-refractivity contribution in [3.8, 4) is 0 Å². The molecule has 5 rings (SSSR count). The fraction of sp³-hybridized carbons (Fsp3) is 0.148. The number of esters is 2. The maximum Gasteiger partial charge on any atom is 0.350 e. The molecule has 9 nitrogen and oxygen atoms in total. The van der Waals surface area contributed by atoms with Crippen LogP contribution in [0.3, 0.4) is 0 Å². The minimum absolute atomic E-state index is 0.0162. The molecule has 0 saturated carbocycles. The number of rotatable bonds is 6. The van der Waals surface area contributed by atoms with Crippen molar-refractivity contribution in [3.63, 3.8) is 0 Å². The Kier molecular flexibility index (Phi) is 6.60. The second-order valence-corrected chi connectivity index (χ2v) is 9.72. The number of amides is 1. The zero-order valence-corrected chi connectivity index (χ0v) is 21.7. The van der Waals surface area contributed by atoms with Gasteiger partial charge in [-0.1, -0.05) is 47.7 Å².